The van der Waals surface area contributed by atoms with Crippen molar-refractivity contribution >= 4 is 16.9 Å². The Bertz CT molecular complexity index is 1190. The van der Waals surface area contributed by atoms with E-state index in [0.29, 0.717) is 18.7 Å². The molecule has 32 heavy (non-hydrogen) atoms. The fourth-order valence-corrected chi connectivity index (χ4v) is 4.68. The minimum absolute atomic E-state index is 0.0401. The Labute approximate surface area is 188 Å². The van der Waals surface area contributed by atoms with Crippen molar-refractivity contribution in [2.75, 3.05) is 26.2 Å². The topological polar surface area (TPSA) is 54.3 Å². The Morgan fingerprint density at radius 3 is 2.09 bits per heavy atom. The largest absolute Gasteiger partial charge is 0.336 e. The van der Waals surface area contributed by atoms with E-state index in [1.165, 1.54) is 11.1 Å². The van der Waals surface area contributed by atoms with Gasteiger partial charge in [-0.25, -0.2) is 4.98 Å². The Kier molecular flexibility index (Phi) is 5.45. The monoisotopic (exact) mass is 425 g/mol. The van der Waals surface area contributed by atoms with Crippen molar-refractivity contribution in [1.82, 2.24) is 24.6 Å². The zero-order valence-electron chi connectivity index (χ0n) is 18.5. The van der Waals surface area contributed by atoms with Crippen molar-refractivity contribution < 1.29 is 4.79 Å². The summed E-state index contributed by atoms with van der Waals surface area (Å²) in [6.07, 6.45) is 1.68. The third-order valence-corrected chi connectivity index (χ3v) is 6.31. The quantitative estimate of drug-likeness (QED) is 0.499. The van der Waals surface area contributed by atoms with E-state index in [9.17, 15) is 4.79 Å². The lowest BCUT2D eigenvalue weighted by atomic mass is 9.96. The van der Waals surface area contributed by atoms with Crippen molar-refractivity contribution in [3.63, 3.8) is 0 Å². The molecule has 1 saturated heterocycles. The Morgan fingerprint density at radius 2 is 1.50 bits per heavy atom. The number of benzene rings is 2. The van der Waals surface area contributed by atoms with Crippen LogP contribution in [0.2, 0.25) is 0 Å². The number of carbonyl (C=O) groups is 1. The molecule has 5 rings (SSSR count). The van der Waals surface area contributed by atoms with Crippen LogP contribution < -0.4 is 0 Å². The van der Waals surface area contributed by atoms with Gasteiger partial charge in [-0.05, 0) is 24.1 Å². The summed E-state index contributed by atoms with van der Waals surface area (Å²) >= 11 is 0. The minimum Gasteiger partial charge on any atom is -0.336 e. The minimum atomic E-state index is 0.0401. The van der Waals surface area contributed by atoms with Gasteiger partial charge in [0.25, 0.3) is 5.91 Å². The van der Waals surface area contributed by atoms with E-state index in [2.05, 4.69) is 75.6 Å². The van der Waals surface area contributed by atoms with Gasteiger partial charge in [0.2, 0.25) is 0 Å². The third kappa shape index (κ3) is 3.78. The van der Waals surface area contributed by atoms with Gasteiger partial charge in [-0.2, -0.15) is 5.10 Å². The van der Waals surface area contributed by atoms with Crippen LogP contribution in [-0.4, -0.2) is 56.7 Å². The van der Waals surface area contributed by atoms with Crippen LogP contribution in [0.25, 0.3) is 11.0 Å². The molecule has 0 atom stereocenters. The van der Waals surface area contributed by atoms with Crippen molar-refractivity contribution in [2.45, 2.75) is 13.0 Å². The summed E-state index contributed by atoms with van der Waals surface area (Å²) in [4.78, 5) is 22.1. The Balaban J connectivity index is 1.34. The molecule has 2 aromatic heterocycles. The zero-order valence-corrected chi connectivity index (χ0v) is 18.5. The maximum atomic E-state index is 13.2. The average Bonchev–Trinajstić information content (AvgIpc) is 3.13. The number of hydrogen-bond donors (Lipinski definition) is 0. The lowest BCUT2D eigenvalue weighted by Crippen LogP contribution is -2.49. The van der Waals surface area contributed by atoms with Crippen molar-refractivity contribution in [1.29, 1.82) is 0 Å². The first-order valence-electron chi connectivity index (χ1n) is 11.0. The molecular weight excluding hydrogens is 398 g/mol. The number of amides is 1. The van der Waals surface area contributed by atoms with Crippen LogP contribution in [0.5, 0.6) is 0 Å². The molecule has 2 aromatic carbocycles. The first-order valence-corrected chi connectivity index (χ1v) is 11.0. The highest BCUT2D eigenvalue weighted by Gasteiger charge is 2.28. The highest BCUT2D eigenvalue weighted by atomic mass is 16.2. The highest BCUT2D eigenvalue weighted by Crippen LogP contribution is 2.29. The van der Waals surface area contributed by atoms with Gasteiger partial charge in [0, 0.05) is 44.8 Å². The van der Waals surface area contributed by atoms with Gasteiger partial charge in [0.15, 0.2) is 5.65 Å². The van der Waals surface area contributed by atoms with Crippen LogP contribution in [0.15, 0.2) is 72.9 Å². The molecule has 1 aliphatic heterocycles. The molecule has 162 valence electrons. The van der Waals surface area contributed by atoms with E-state index >= 15 is 0 Å². The molecule has 0 radical (unpaired) electrons. The number of aromatic nitrogens is 3. The smallest absolute Gasteiger partial charge is 0.255 e. The second kappa shape index (κ2) is 8.55. The van der Waals surface area contributed by atoms with Crippen molar-refractivity contribution in [3.05, 3.63) is 95.3 Å². The van der Waals surface area contributed by atoms with E-state index in [4.69, 9.17) is 0 Å². The molecule has 1 amide bonds. The molecule has 4 aromatic rings. The Hall–Kier alpha value is -3.51. The van der Waals surface area contributed by atoms with E-state index in [1.807, 2.05) is 24.9 Å². The lowest BCUT2D eigenvalue weighted by molar-refractivity contribution is 0.0597. The molecule has 6 heteroatoms. The van der Waals surface area contributed by atoms with Crippen molar-refractivity contribution in [3.8, 4) is 0 Å². The fraction of sp³-hybridized carbons (Fsp3) is 0.269. The van der Waals surface area contributed by atoms with Crippen LogP contribution in [0.1, 0.15) is 33.2 Å². The van der Waals surface area contributed by atoms with Gasteiger partial charge in [0.1, 0.15) is 0 Å². The summed E-state index contributed by atoms with van der Waals surface area (Å²) < 4.78 is 1.75. The summed E-state index contributed by atoms with van der Waals surface area (Å²) in [5.41, 5.74) is 4.88. The van der Waals surface area contributed by atoms with E-state index in [1.54, 1.807) is 10.9 Å². The first-order chi connectivity index (χ1) is 15.6. The molecule has 6 nitrogen and oxygen atoms in total. The fourth-order valence-electron chi connectivity index (χ4n) is 4.68. The number of fused-ring (bicyclic) bond motifs is 1. The summed E-state index contributed by atoms with van der Waals surface area (Å²) in [5, 5.41) is 5.35. The molecule has 0 unspecified atom stereocenters. The van der Waals surface area contributed by atoms with Gasteiger partial charge in [-0.3, -0.25) is 14.4 Å². The molecular formula is C26H27N5O. The zero-order chi connectivity index (χ0) is 22.1. The summed E-state index contributed by atoms with van der Waals surface area (Å²) in [5.74, 6) is 0.0401. The van der Waals surface area contributed by atoms with Gasteiger partial charge in [-0.15, -0.1) is 0 Å². The molecule has 3 heterocycles. The predicted molar refractivity (Wildman–Crippen MR) is 125 cm³/mol. The maximum Gasteiger partial charge on any atom is 0.255 e. The van der Waals surface area contributed by atoms with Crippen LogP contribution in [0.4, 0.5) is 0 Å². The summed E-state index contributed by atoms with van der Waals surface area (Å²) in [6, 6.07) is 23.3. The maximum absolute atomic E-state index is 13.2. The van der Waals surface area contributed by atoms with Gasteiger partial charge in [-0.1, -0.05) is 60.7 Å². The Morgan fingerprint density at radius 1 is 0.906 bits per heavy atom. The summed E-state index contributed by atoms with van der Waals surface area (Å²) in [7, 11) is 1.87. The van der Waals surface area contributed by atoms with Crippen LogP contribution >= 0.6 is 0 Å². The molecule has 0 spiro atoms. The number of pyridine rings is 1. The molecule has 0 saturated carbocycles. The number of nitrogens with zero attached hydrogens (tertiary/aromatic N) is 5. The molecule has 0 bridgehead atoms. The standard InChI is InChI=1S/C26H27N5O/c1-19-23-17-22(18-27-25(23)29(2)28-19)26(32)31-15-13-30(14-16-31)24(20-9-5-3-6-10-20)21-11-7-4-8-12-21/h3-12,17-18,24H,13-16H2,1-2H3. The first kappa shape index (κ1) is 20.4. The number of hydrogen-bond acceptors (Lipinski definition) is 4. The predicted octanol–water partition coefficient (Wildman–Crippen LogP) is 3.82. The van der Waals surface area contributed by atoms with E-state index < -0.39 is 0 Å². The molecule has 1 fully saturated rings. The third-order valence-electron chi connectivity index (χ3n) is 6.31. The lowest BCUT2D eigenvalue weighted by Gasteiger charge is -2.39. The van der Waals surface area contributed by atoms with Gasteiger partial charge >= 0.3 is 0 Å². The second-order valence-electron chi connectivity index (χ2n) is 8.36. The van der Waals surface area contributed by atoms with Crippen molar-refractivity contribution in [2.24, 2.45) is 7.05 Å². The van der Waals surface area contributed by atoms with Crippen LogP contribution in [0.3, 0.4) is 0 Å². The number of piperazine rings is 1. The number of aryl methyl sites for hydroxylation is 2. The van der Waals surface area contributed by atoms with E-state index in [-0.39, 0.29) is 11.9 Å². The normalized spacial score (nSPS) is 14.9. The second-order valence-corrected chi connectivity index (χ2v) is 8.36. The van der Waals surface area contributed by atoms with Gasteiger partial charge in [0.05, 0.1) is 17.3 Å². The molecule has 0 N–H and O–H groups in total. The van der Waals surface area contributed by atoms with Crippen LogP contribution in [0, 0.1) is 6.92 Å². The molecule has 0 aliphatic carbocycles. The van der Waals surface area contributed by atoms with E-state index in [0.717, 1.165) is 29.8 Å². The number of rotatable bonds is 4. The SMILES string of the molecule is Cc1nn(C)c2ncc(C(=O)N3CCN(C(c4ccccc4)c4ccccc4)CC3)cc12. The average molecular weight is 426 g/mol. The number of carbonyl (C=O) groups excluding carboxylic acids is 1. The molecule has 1 aliphatic rings. The van der Waals surface area contributed by atoms with Gasteiger partial charge < -0.3 is 4.90 Å². The van der Waals surface area contributed by atoms with Crippen LogP contribution in [-0.2, 0) is 7.05 Å². The highest BCUT2D eigenvalue weighted by molar-refractivity contribution is 5.97. The summed E-state index contributed by atoms with van der Waals surface area (Å²) in [6.45, 7) is 4.98.